The van der Waals surface area contributed by atoms with Gasteiger partial charge in [0, 0.05) is 21.3 Å². The molecule has 0 atom stereocenters. The first-order valence-corrected chi connectivity index (χ1v) is 12.1. The summed E-state index contributed by atoms with van der Waals surface area (Å²) in [5, 5.41) is 3.27. The molecular weight excluding hydrogens is 507 g/mol. The molecule has 178 valence electrons. The molecule has 1 aliphatic heterocycles. The van der Waals surface area contributed by atoms with Crippen LogP contribution in [0.2, 0.25) is 10.0 Å². The smallest absolute Gasteiger partial charge is 0.294 e. The second kappa shape index (κ2) is 11.0. The molecule has 1 N–H and O–H groups in total. The Morgan fingerprint density at radius 2 is 1.83 bits per heavy atom. The lowest BCUT2D eigenvalue weighted by atomic mass is 10.2. The van der Waals surface area contributed by atoms with Gasteiger partial charge in [0.25, 0.3) is 11.1 Å². The minimum absolute atomic E-state index is 0.226. The van der Waals surface area contributed by atoms with Gasteiger partial charge in [-0.15, -0.1) is 0 Å². The number of aryl methyl sites for hydroxylation is 1. The fourth-order valence-corrected chi connectivity index (χ4v) is 4.48. The van der Waals surface area contributed by atoms with Crippen LogP contribution < -0.4 is 10.1 Å². The molecular formula is C26H20Cl2N2O4S. The highest BCUT2D eigenvalue weighted by atomic mass is 35.5. The molecule has 0 aromatic heterocycles. The number of imide groups is 1. The number of carbonyl (C=O) groups is 3. The van der Waals surface area contributed by atoms with Crippen molar-refractivity contribution in [3.8, 4) is 5.75 Å². The minimum Gasteiger partial charge on any atom is -0.489 e. The molecule has 0 unspecified atom stereocenters. The first kappa shape index (κ1) is 24.9. The molecule has 0 bridgehead atoms. The van der Waals surface area contributed by atoms with Gasteiger partial charge in [0.2, 0.25) is 5.91 Å². The predicted octanol–water partition coefficient (Wildman–Crippen LogP) is 6.56. The average molecular weight is 527 g/mol. The van der Waals surface area contributed by atoms with E-state index in [2.05, 4.69) is 5.32 Å². The van der Waals surface area contributed by atoms with E-state index in [1.807, 2.05) is 25.1 Å². The standard InChI is InChI=1S/C26H20Cl2N2O4S/c1-16-9-10-19(13-22(16)28)29-24(31)14-30-25(32)23(35-26(30)33)12-17-5-4-7-20(11-17)34-15-18-6-2-3-8-21(18)27/h2-13H,14-15H2,1H3,(H,29,31)/b23-12+. The van der Waals surface area contributed by atoms with Crippen molar-refractivity contribution in [3.05, 3.63) is 98.4 Å². The summed E-state index contributed by atoms with van der Waals surface area (Å²) in [7, 11) is 0. The fourth-order valence-electron chi connectivity index (χ4n) is 3.27. The van der Waals surface area contributed by atoms with Crippen molar-refractivity contribution in [3.63, 3.8) is 0 Å². The number of nitrogens with one attached hydrogen (secondary N) is 1. The van der Waals surface area contributed by atoms with Crippen LogP contribution in [0.4, 0.5) is 10.5 Å². The Kier molecular flexibility index (Phi) is 7.80. The van der Waals surface area contributed by atoms with Gasteiger partial charge in [-0.05, 0) is 66.2 Å². The molecule has 0 saturated carbocycles. The molecule has 6 nitrogen and oxygen atoms in total. The summed E-state index contributed by atoms with van der Waals surface area (Å²) >= 11 is 13.0. The summed E-state index contributed by atoms with van der Waals surface area (Å²) in [5.41, 5.74) is 2.90. The van der Waals surface area contributed by atoms with E-state index >= 15 is 0 Å². The molecule has 3 aromatic rings. The van der Waals surface area contributed by atoms with Crippen molar-refractivity contribution in [1.82, 2.24) is 4.90 Å². The van der Waals surface area contributed by atoms with Crippen LogP contribution in [-0.2, 0) is 16.2 Å². The monoisotopic (exact) mass is 526 g/mol. The molecule has 1 heterocycles. The molecule has 9 heteroatoms. The van der Waals surface area contributed by atoms with Gasteiger partial charge in [-0.25, -0.2) is 0 Å². The van der Waals surface area contributed by atoms with E-state index in [9.17, 15) is 14.4 Å². The molecule has 3 aromatic carbocycles. The highest BCUT2D eigenvalue weighted by molar-refractivity contribution is 8.18. The molecule has 1 aliphatic rings. The van der Waals surface area contributed by atoms with Crippen LogP contribution in [0, 0.1) is 6.92 Å². The number of ether oxygens (including phenoxy) is 1. The van der Waals surface area contributed by atoms with Crippen molar-refractivity contribution in [2.45, 2.75) is 13.5 Å². The minimum atomic E-state index is -0.528. The maximum atomic E-state index is 12.8. The van der Waals surface area contributed by atoms with Crippen LogP contribution in [0.1, 0.15) is 16.7 Å². The first-order valence-electron chi connectivity index (χ1n) is 10.6. The van der Waals surface area contributed by atoms with Gasteiger partial charge in [-0.3, -0.25) is 19.3 Å². The molecule has 0 aliphatic carbocycles. The lowest BCUT2D eigenvalue weighted by molar-refractivity contribution is -0.127. The highest BCUT2D eigenvalue weighted by Crippen LogP contribution is 2.33. The SMILES string of the molecule is Cc1ccc(NC(=O)CN2C(=O)S/C(=C/c3cccc(OCc4ccccc4Cl)c3)C2=O)cc1Cl. The quantitative estimate of drug-likeness (QED) is 0.353. The lowest BCUT2D eigenvalue weighted by Crippen LogP contribution is -2.36. The number of hydrogen-bond donors (Lipinski definition) is 1. The summed E-state index contributed by atoms with van der Waals surface area (Å²) < 4.78 is 5.83. The van der Waals surface area contributed by atoms with Crippen molar-refractivity contribution in [2.24, 2.45) is 0 Å². The molecule has 1 fully saturated rings. The van der Waals surface area contributed by atoms with Crippen LogP contribution in [-0.4, -0.2) is 28.5 Å². The highest BCUT2D eigenvalue weighted by Gasteiger charge is 2.36. The van der Waals surface area contributed by atoms with Gasteiger partial charge in [-0.1, -0.05) is 59.6 Å². The Morgan fingerprint density at radius 1 is 1.03 bits per heavy atom. The molecule has 1 saturated heterocycles. The van der Waals surface area contributed by atoms with E-state index in [0.717, 1.165) is 27.8 Å². The van der Waals surface area contributed by atoms with Crippen molar-refractivity contribution in [1.29, 1.82) is 0 Å². The maximum Gasteiger partial charge on any atom is 0.294 e. The maximum absolute atomic E-state index is 12.8. The number of hydrogen-bond acceptors (Lipinski definition) is 5. The third-order valence-corrected chi connectivity index (χ3v) is 6.82. The Morgan fingerprint density at radius 3 is 2.60 bits per heavy atom. The van der Waals surface area contributed by atoms with Crippen LogP contribution in [0.25, 0.3) is 6.08 Å². The molecule has 4 rings (SSSR count). The molecule has 0 spiro atoms. The first-order chi connectivity index (χ1) is 16.8. The van der Waals surface area contributed by atoms with Gasteiger partial charge in [0.15, 0.2) is 0 Å². The summed E-state index contributed by atoms with van der Waals surface area (Å²) in [6, 6.07) is 19.6. The Hall–Kier alpha value is -3.26. The van der Waals surface area contributed by atoms with Crippen LogP contribution in [0.3, 0.4) is 0 Å². The summed E-state index contributed by atoms with van der Waals surface area (Å²) in [4.78, 5) is 38.8. The number of carbonyl (C=O) groups excluding carboxylic acids is 3. The molecule has 3 amide bonds. The average Bonchev–Trinajstić information content (AvgIpc) is 3.08. The number of amides is 3. The van der Waals surface area contributed by atoms with Crippen LogP contribution in [0.15, 0.2) is 71.6 Å². The van der Waals surface area contributed by atoms with E-state index in [4.69, 9.17) is 27.9 Å². The predicted molar refractivity (Wildman–Crippen MR) is 140 cm³/mol. The largest absolute Gasteiger partial charge is 0.489 e. The Labute approximate surface area is 216 Å². The summed E-state index contributed by atoms with van der Waals surface area (Å²) in [6.07, 6.45) is 1.60. The van der Waals surface area contributed by atoms with Crippen LogP contribution in [0.5, 0.6) is 5.75 Å². The van der Waals surface area contributed by atoms with E-state index in [1.165, 1.54) is 0 Å². The zero-order valence-electron chi connectivity index (χ0n) is 18.6. The van der Waals surface area contributed by atoms with Gasteiger partial charge in [0.05, 0.1) is 4.91 Å². The number of thioether (sulfide) groups is 1. The number of anilines is 1. The Bertz CT molecular complexity index is 1340. The number of benzene rings is 3. The normalized spacial score (nSPS) is 14.5. The zero-order chi connectivity index (χ0) is 24.9. The third kappa shape index (κ3) is 6.25. The van der Waals surface area contributed by atoms with E-state index in [0.29, 0.717) is 33.7 Å². The molecule has 35 heavy (non-hydrogen) atoms. The number of rotatable bonds is 7. The van der Waals surface area contributed by atoms with E-state index in [-0.39, 0.29) is 4.91 Å². The van der Waals surface area contributed by atoms with Gasteiger partial charge in [-0.2, -0.15) is 0 Å². The third-order valence-electron chi connectivity index (χ3n) is 5.14. The van der Waals surface area contributed by atoms with Crippen molar-refractivity contribution in [2.75, 3.05) is 11.9 Å². The van der Waals surface area contributed by atoms with Gasteiger partial charge >= 0.3 is 0 Å². The lowest BCUT2D eigenvalue weighted by Gasteiger charge is -2.13. The molecule has 0 radical (unpaired) electrons. The van der Waals surface area contributed by atoms with E-state index < -0.39 is 23.6 Å². The van der Waals surface area contributed by atoms with Crippen LogP contribution >= 0.6 is 35.0 Å². The van der Waals surface area contributed by atoms with E-state index in [1.54, 1.807) is 54.6 Å². The second-order valence-corrected chi connectivity index (χ2v) is 9.54. The fraction of sp³-hybridized carbons (Fsp3) is 0.115. The zero-order valence-corrected chi connectivity index (χ0v) is 20.9. The summed E-state index contributed by atoms with van der Waals surface area (Å²) in [6.45, 7) is 1.75. The second-order valence-electron chi connectivity index (χ2n) is 7.73. The number of nitrogens with zero attached hydrogens (tertiary/aromatic N) is 1. The van der Waals surface area contributed by atoms with Gasteiger partial charge < -0.3 is 10.1 Å². The topological polar surface area (TPSA) is 75.7 Å². The van der Waals surface area contributed by atoms with Gasteiger partial charge in [0.1, 0.15) is 18.9 Å². The Balaban J connectivity index is 1.40. The number of halogens is 2. The summed E-state index contributed by atoms with van der Waals surface area (Å²) in [5.74, 6) is -0.433. The van der Waals surface area contributed by atoms with Crippen molar-refractivity contribution >= 4 is 63.8 Å². The van der Waals surface area contributed by atoms with Crippen molar-refractivity contribution < 1.29 is 19.1 Å².